The second-order valence-electron chi connectivity index (χ2n) is 3.65. The number of rotatable bonds is 6. The number of nitrogens with one attached hydrogen (secondary N) is 1. The third-order valence-corrected chi connectivity index (χ3v) is 3.14. The maximum Gasteiger partial charge on any atom is 0.132 e. The molecule has 0 saturated carbocycles. The lowest BCUT2D eigenvalue weighted by atomic mass is 10.2. The van der Waals surface area contributed by atoms with Crippen LogP contribution in [-0.4, -0.2) is 31.1 Å². The van der Waals surface area contributed by atoms with Crippen molar-refractivity contribution in [2.24, 2.45) is 0 Å². The van der Waals surface area contributed by atoms with Gasteiger partial charge in [-0.15, -0.1) is 11.8 Å². The number of methoxy groups -OCH3 is 1. The molecule has 0 heterocycles. The molecule has 1 rings (SSSR count). The number of aliphatic hydroxyl groups excluding tert-OH is 1. The van der Waals surface area contributed by atoms with Crippen LogP contribution in [0, 0.1) is 0 Å². The minimum atomic E-state index is 0.125. The van der Waals surface area contributed by atoms with Crippen LogP contribution < -0.4 is 10.1 Å². The molecule has 0 aliphatic heterocycles. The fourth-order valence-corrected chi connectivity index (χ4v) is 1.97. The molecular formula is C12H19NO2S. The molecule has 16 heavy (non-hydrogen) atoms. The van der Waals surface area contributed by atoms with E-state index in [1.165, 1.54) is 5.56 Å². The van der Waals surface area contributed by atoms with Crippen molar-refractivity contribution in [3.05, 3.63) is 23.8 Å². The normalized spacial score (nSPS) is 12.5. The Balaban J connectivity index is 2.67. The van der Waals surface area contributed by atoms with Crippen LogP contribution in [0.3, 0.4) is 0 Å². The van der Waals surface area contributed by atoms with E-state index in [0.29, 0.717) is 0 Å². The SMILES string of the molecule is COc1ccc(CNC(C)CO)cc1SC. The topological polar surface area (TPSA) is 41.5 Å². The van der Waals surface area contributed by atoms with Crippen molar-refractivity contribution in [1.82, 2.24) is 5.32 Å². The van der Waals surface area contributed by atoms with Crippen molar-refractivity contribution in [2.45, 2.75) is 24.4 Å². The van der Waals surface area contributed by atoms with E-state index in [9.17, 15) is 0 Å². The molecule has 0 aliphatic rings. The minimum absolute atomic E-state index is 0.125. The zero-order valence-electron chi connectivity index (χ0n) is 9.99. The summed E-state index contributed by atoms with van der Waals surface area (Å²) in [4.78, 5) is 1.14. The molecule has 0 spiro atoms. The van der Waals surface area contributed by atoms with E-state index < -0.39 is 0 Å². The molecule has 0 saturated heterocycles. The molecule has 1 unspecified atom stereocenters. The van der Waals surface area contributed by atoms with Gasteiger partial charge in [-0.25, -0.2) is 0 Å². The first-order valence-corrected chi connectivity index (χ1v) is 6.49. The first kappa shape index (κ1) is 13.4. The smallest absolute Gasteiger partial charge is 0.132 e. The number of ether oxygens (including phenoxy) is 1. The average Bonchev–Trinajstić information content (AvgIpc) is 2.35. The van der Waals surface area contributed by atoms with E-state index in [1.54, 1.807) is 18.9 Å². The Morgan fingerprint density at radius 2 is 2.25 bits per heavy atom. The second-order valence-corrected chi connectivity index (χ2v) is 4.50. The first-order chi connectivity index (χ1) is 7.71. The summed E-state index contributed by atoms with van der Waals surface area (Å²) in [5.41, 5.74) is 1.20. The zero-order valence-corrected chi connectivity index (χ0v) is 10.8. The highest BCUT2D eigenvalue weighted by Crippen LogP contribution is 2.28. The number of aliphatic hydroxyl groups is 1. The fraction of sp³-hybridized carbons (Fsp3) is 0.500. The summed E-state index contributed by atoms with van der Waals surface area (Å²) in [6.45, 7) is 2.88. The third-order valence-electron chi connectivity index (χ3n) is 2.38. The van der Waals surface area contributed by atoms with E-state index >= 15 is 0 Å². The van der Waals surface area contributed by atoms with Crippen LogP contribution in [0.4, 0.5) is 0 Å². The van der Waals surface area contributed by atoms with E-state index in [0.717, 1.165) is 17.2 Å². The van der Waals surface area contributed by atoms with Crippen molar-refractivity contribution in [3.8, 4) is 5.75 Å². The standard InChI is InChI=1S/C12H19NO2S/c1-9(8-14)13-7-10-4-5-11(15-2)12(6-10)16-3/h4-6,9,13-14H,7-8H2,1-3H3. The monoisotopic (exact) mass is 241 g/mol. The van der Waals surface area contributed by atoms with Crippen LogP contribution in [0.2, 0.25) is 0 Å². The van der Waals surface area contributed by atoms with Gasteiger partial charge in [-0.05, 0) is 30.9 Å². The van der Waals surface area contributed by atoms with Gasteiger partial charge in [0.05, 0.1) is 13.7 Å². The first-order valence-electron chi connectivity index (χ1n) is 5.26. The maximum absolute atomic E-state index is 8.91. The average molecular weight is 241 g/mol. The molecule has 1 atom stereocenters. The Kier molecular flexibility index (Phi) is 5.66. The van der Waals surface area contributed by atoms with Crippen LogP contribution >= 0.6 is 11.8 Å². The summed E-state index contributed by atoms with van der Waals surface area (Å²) < 4.78 is 5.26. The minimum Gasteiger partial charge on any atom is -0.496 e. The molecule has 90 valence electrons. The van der Waals surface area contributed by atoms with Gasteiger partial charge in [0.15, 0.2) is 0 Å². The van der Waals surface area contributed by atoms with E-state index in [-0.39, 0.29) is 12.6 Å². The number of benzene rings is 1. The predicted octanol–water partition coefficient (Wildman–Crippen LogP) is 1.89. The highest BCUT2D eigenvalue weighted by atomic mass is 32.2. The molecule has 4 heteroatoms. The van der Waals surface area contributed by atoms with Gasteiger partial charge >= 0.3 is 0 Å². The van der Waals surface area contributed by atoms with Crippen molar-refractivity contribution in [1.29, 1.82) is 0 Å². The Morgan fingerprint density at radius 3 is 2.81 bits per heavy atom. The van der Waals surface area contributed by atoms with Crippen molar-refractivity contribution >= 4 is 11.8 Å². The zero-order chi connectivity index (χ0) is 12.0. The molecular weight excluding hydrogens is 222 g/mol. The molecule has 0 amide bonds. The van der Waals surface area contributed by atoms with Crippen molar-refractivity contribution < 1.29 is 9.84 Å². The van der Waals surface area contributed by atoms with Crippen LogP contribution in [-0.2, 0) is 6.54 Å². The van der Waals surface area contributed by atoms with E-state index in [4.69, 9.17) is 9.84 Å². The highest BCUT2D eigenvalue weighted by molar-refractivity contribution is 7.98. The van der Waals surface area contributed by atoms with Crippen molar-refractivity contribution in [3.63, 3.8) is 0 Å². The largest absolute Gasteiger partial charge is 0.496 e. The Morgan fingerprint density at radius 1 is 1.50 bits per heavy atom. The van der Waals surface area contributed by atoms with Gasteiger partial charge in [-0.1, -0.05) is 6.07 Å². The van der Waals surface area contributed by atoms with Crippen LogP contribution in [0.5, 0.6) is 5.75 Å². The van der Waals surface area contributed by atoms with Gasteiger partial charge in [0.25, 0.3) is 0 Å². The summed E-state index contributed by atoms with van der Waals surface area (Å²) in [7, 11) is 1.68. The molecule has 1 aromatic carbocycles. The van der Waals surface area contributed by atoms with Gasteiger partial charge in [0.1, 0.15) is 5.75 Å². The van der Waals surface area contributed by atoms with Gasteiger partial charge < -0.3 is 15.2 Å². The molecule has 1 aromatic rings. The Bertz CT molecular complexity index is 331. The maximum atomic E-state index is 8.91. The fourth-order valence-electron chi connectivity index (χ4n) is 1.35. The van der Waals surface area contributed by atoms with Crippen molar-refractivity contribution in [2.75, 3.05) is 20.0 Å². The molecule has 0 aromatic heterocycles. The van der Waals surface area contributed by atoms with Gasteiger partial charge in [-0.3, -0.25) is 0 Å². The summed E-state index contributed by atoms with van der Waals surface area (Å²) in [5, 5.41) is 12.1. The summed E-state index contributed by atoms with van der Waals surface area (Å²) in [6, 6.07) is 6.25. The molecule has 2 N–H and O–H groups in total. The lowest BCUT2D eigenvalue weighted by Crippen LogP contribution is -2.28. The van der Waals surface area contributed by atoms with E-state index in [1.807, 2.05) is 25.3 Å². The van der Waals surface area contributed by atoms with Crippen LogP contribution in [0.25, 0.3) is 0 Å². The Hall–Kier alpha value is -0.710. The molecule has 0 aliphatic carbocycles. The second kappa shape index (κ2) is 6.78. The van der Waals surface area contributed by atoms with Crippen LogP contribution in [0.15, 0.2) is 23.1 Å². The molecule has 0 bridgehead atoms. The lowest BCUT2D eigenvalue weighted by molar-refractivity contribution is 0.251. The number of hydrogen-bond acceptors (Lipinski definition) is 4. The molecule has 3 nitrogen and oxygen atoms in total. The molecule has 0 radical (unpaired) electrons. The summed E-state index contributed by atoms with van der Waals surface area (Å²) >= 11 is 1.67. The number of hydrogen-bond donors (Lipinski definition) is 2. The lowest BCUT2D eigenvalue weighted by Gasteiger charge is -2.12. The predicted molar refractivity (Wildman–Crippen MR) is 68.2 cm³/mol. The van der Waals surface area contributed by atoms with E-state index in [2.05, 4.69) is 11.4 Å². The summed E-state index contributed by atoms with van der Waals surface area (Å²) in [5.74, 6) is 0.909. The quantitative estimate of drug-likeness (QED) is 0.746. The van der Waals surface area contributed by atoms with Gasteiger partial charge in [0, 0.05) is 17.5 Å². The highest BCUT2D eigenvalue weighted by Gasteiger charge is 2.04. The number of thioether (sulfide) groups is 1. The van der Waals surface area contributed by atoms with Gasteiger partial charge in [-0.2, -0.15) is 0 Å². The summed E-state index contributed by atoms with van der Waals surface area (Å²) in [6.07, 6.45) is 2.03. The molecule has 0 fully saturated rings. The van der Waals surface area contributed by atoms with Gasteiger partial charge in [0.2, 0.25) is 0 Å². The Labute approximate surface area is 101 Å². The third kappa shape index (κ3) is 3.70. The van der Waals surface area contributed by atoms with Crippen LogP contribution in [0.1, 0.15) is 12.5 Å².